The van der Waals surface area contributed by atoms with Gasteiger partial charge in [0.2, 0.25) is 0 Å². The van der Waals surface area contributed by atoms with Crippen LogP contribution in [0.1, 0.15) is 59.5 Å². The Morgan fingerprint density at radius 3 is 1.16 bits per heavy atom. The quantitative estimate of drug-likeness (QED) is 0.101. The van der Waals surface area contributed by atoms with Crippen LogP contribution in [0.2, 0.25) is 0 Å². The molecule has 442 valence electrons. The first kappa shape index (κ1) is 59.1. The number of carbonyl (C=O) groups is 1. The molecular weight excluding hydrogens is 1280 g/mol. The molecule has 16 heteroatoms. The number of carbonyl (C=O) groups excluding carboxylic acids is 1. The predicted octanol–water partition coefficient (Wildman–Crippen LogP) is 26.1. The number of aldehydes is 1. The first-order chi connectivity index (χ1) is 42.4. The molecule has 0 unspecified atom stereocenters. The van der Waals surface area contributed by atoms with Crippen molar-refractivity contribution in [3.05, 3.63) is 229 Å². The number of halogens is 6. The minimum Gasteiger partial charge on any atom is -0.496 e. The van der Waals surface area contributed by atoms with Gasteiger partial charge in [0.05, 0.1) is 23.1 Å². The van der Waals surface area contributed by atoms with Crippen molar-refractivity contribution in [2.24, 2.45) is 0 Å². The predicted molar refractivity (Wildman–Crippen MR) is 374 cm³/mol. The minimum absolute atomic E-state index is 0. The highest BCUT2D eigenvalue weighted by atomic mass is 32.1. The highest BCUT2D eigenvalue weighted by Crippen LogP contribution is 2.48. The highest BCUT2D eigenvalue weighted by Gasteiger charge is 2.31. The van der Waals surface area contributed by atoms with Gasteiger partial charge < -0.3 is 4.74 Å². The number of aryl methyl sites for hydroxylation is 2. The van der Waals surface area contributed by atoms with E-state index in [0.29, 0.717) is 6.42 Å². The molecule has 0 saturated carbocycles. The second kappa shape index (κ2) is 23.1. The molecule has 0 bridgehead atoms. The summed E-state index contributed by atoms with van der Waals surface area (Å²) in [6, 6.07) is 59.0. The van der Waals surface area contributed by atoms with E-state index in [9.17, 15) is 31.1 Å². The summed E-state index contributed by atoms with van der Waals surface area (Å²) < 4.78 is 93.8. The SMILES string of the molecule is C.COc1cc(-c2ccc(C(F)(F)F)cc2)sc1Cc1cc2cc3sc(Cc4sc(-c5ccc(C)cc5)cc4C=O)cc3cc2s1.Cc1ccc(-c2cc3cc4c(cc3s2)sc2cc3c(cc24)sc2cc4sc(-c5ccc(C(F)(F)F)cc5)cc4cc23)cc1. The molecule has 0 saturated heterocycles. The monoisotopic (exact) mass is 1330 g/mol. The van der Waals surface area contributed by atoms with Crippen LogP contribution >= 0.6 is 90.7 Å². The van der Waals surface area contributed by atoms with E-state index in [1.807, 2.05) is 46.1 Å². The van der Waals surface area contributed by atoms with E-state index in [-0.39, 0.29) is 7.43 Å². The summed E-state index contributed by atoms with van der Waals surface area (Å²) in [4.78, 5) is 20.7. The van der Waals surface area contributed by atoms with Crippen LogP contribution in [0.25, 0.3) is 122 Å². The van der Waals surface area contributed by atoms with Crippen LogP contribution in [0.15, 0.2) is 182 Å². The third-order valence-electron chi connectivity index (χ3n) is 15.9. The summed E-state index contributed by atoms with van der Waals surface area (Å²) in [5.74, 6) is 0.742. The van der Waals surface area contributed by atoms with Crippen LogP contribution in [-0.2, 0) is 25.2 Å². The standard InChI is InChI=1S/C36H25F3O2S4.C36H19F3S4.CH4/c1-20-3-5-21(6-4-20)30-15-25(19-40)33(44-30)16-27-11-23-13-32-24(14-31(23)42-27)12-28(43-32)17-35-29(41-2)18-34(45-35)22-7-9-26(10-8-22)36(37,38)39;1-18-2-4-19(5-3-18)28-12-21-10-24-26-14-33-27(15-32(26)42-34(24)16-30(21)40-28)25-11-22-13-29(41-31(22)17-35(25)43-33)20-6-8-23(9-7-20)36(37,38)39;/h3-15,18-19H,16-17H2,1-2H3;2-17H,1H3;1H4. The smallest absolute Gasteiger partial charge is 0.416 e. The number of hydrogen-bond acceptors (Lipinski definition) is 10. The maximum absolute atomic E-state index is 13.0. The van der Waals surface area contributed by atoms with E-state index in [2.05, 4.69) is 135 Å². The molecule has 2 nitrogen and oxygen atoms in total. The van der Waals surface area contributed by atoms with Gasteiger partial charge in [-0.25, -0.2) is 0 Å². The zero-order valence-corrected chi connectivity index (χ0v) is 53.2. The van der Waals surface area contributed by atoms with E-state index < -0.39 is 23.5 Å². The molecule has 0 aliphatic rings. The second-order valence-corrected chi connectivity index (χ2v) is 30.8. The normalized spacial score (nSPS) is 12.1. The van der Waals surface area contributed by atoms with Gasteiger partial charge in [0.25, 0.3) is 0 Å². The third-order valence-corrected chi connectivity index (χ3v) is 25.0. The summed E-state index contributed by atoms with van der Waals surface area (Å²) in [6.45, 7) is 4.19. The van der Waals surface area contributed by atoms with Crippen LogP contribution in [0, 0.1) is 13.8 Å². The largest absolute Gasteiger partial charge is 0.496 e. The number of thiophene rings is 8. The van der Waals surface area contributed by atoms with E-state index in [4.69, 9.17) is 4.74 Å². The third kappa shape index (κ3) is 11.4. The summed E-state index contributed by atoms with van der Waals surface area (Å²) in [6.07, 6.45) is -6.32. The van der Waals surface area contributed by atoms with Crippen molar-refractivity contribution in [1.82, 2.24) is 0 Å². The van der Waals surface area contributed by atoms with E-state index in [1.165, 1.54) is 114 Å². The molecule has 0 spiro atoms. The average Bonchev–Trinajstić information content (AvgIpc) is 1.63. The lowest BCUT2D eigenvalue weighted by atomic mass is 10.1. The molecule has 0 aliphatic carbocycles. The minimum atomic E-state index is -4.36. The van der Waals surface area contributed by atoms with Gasteiger partial charge in [0, 0.05) is 112 Å². The van der Waals surface area contributed by atoms with Gasteiger partial charge in [-0.1, -0.05) is 91.3 Å². The number of ether oxygens (including phenoxy) is 1. The molecule has 0 amide bonds. The van der Waals surface area contributed by atoms with Crippen molar-refractivity contribution in [3.63, 3.8) is 0 Å². The van der Waals surface area contributed by atoms with E-state index >= 15 is 0 Å². The fourth-order valence-electron chi connectivity index (χ4n) is 11.3. The van der Waals surface area contributed by atoms with Crippen molar-refractivity contribution in [2.45, 2.75) is 46.5 Å². The second-order valence-electron chi connectivity index (χ2n) is 21.8. The fourth-order valence-corrected chi connectivity index (χ4v) is 20.7. The van der Waals surface area contributed by atoms with Crippen molar-refractivity contribution in [1.29, 1.82) is 0 Å². The van der Waals surface area contributed by atoms with Gasteiger partial charge in [-0.15, -0.1) is 90.7 Å². The Morgan fingerprint density at radius 1 is 0.371 bits per heavy atom. The Bertz CT molecular complexity index is 5320. The molecule has 16 aromatic rings. The lowest BCUT2D eigenvalue weighted by Gasteiger charge is -2.06. The number of alkyl halides is 6. The topological polar surface area (TPSA) is 26.3 Å². The zero-order chi connectivity index (χ0) is 60.3. The summed E-state index contributed by atoms with van der Waals surface area (Å²) >= 11 is 13.9. The first-order valence-electron chi connectivity index (χ1n) is 27.8. The van der Waals surface area contributed by atoms with Crippen molar-refractivity contribution < 1.29 is 35.9 Å². The fraction of sp³-hybridized carbons (Fsp3) is 0.110. The number of rotatable bonds is 10. The van der Waals surface area contributed by atoms with E-state index in [0.717, 1.165) is 99.4 Å². The summed E-state index contributed by atoms with van der Waals surface area (Å²) in [5.41, 5.74) is 5.89. The van der Waals surface area contributed by atoms with Crippen molar-refractivity contribution in [3.8, 4) is 47.5 Å². The van der Waals surface area contributed by atoms with Crippen LogP contribution in [0.4, 0.5) is 26.3 Å². The Hall–Kier alpha value is -7.51. The Balaban J connectivity index is 0.000000154. The molecule has 0 atom stereocenters. The van der Waals surface area contributed by atoms with Crippen LogP contribution in [0.5, 0.6) is 5.75 Å². The number of benzene rings is 8. The van der Waals surface area contributed by atoms with Gasteiger partial charge in [0.15, 0.2) is 6.29 Å². The average molecular weight is 1330 g/mol. The molecule has 0 N–H and O–H groups in total. The maximum atomic E-state index is 13.0. The van der Waals surface area contributed by atoms with Gasteiger partial charge >= 0.3 is 12.4 Å². The highest BCUT2D eigenvalue weighted by molar-refractivity contribution is 7.29. The molecule has 8 aromatic carbocycles. The van der Waals surface area contributed by atoms with E-state index in [1.54, 1.807) is 75.9 Å². The van der Waals surface area contributed by atoms with Crippen LogP contribution < -0.4 is 4.74 Å². The van der Waals surface area contributed by atoms with Crippen LogP contribution in [0.3, 0.4) is 0 Å². The first-order valence-corrected chi connectivity index (χ1v) is 34.4. The molecule has 16 rings (SSSR count). The van der Waals surface area contributed by atoms with Gasteiger partial charge in [-0.2, -0.15) is 26.3 Å². The lowest BCUT2D eigenvalue weighted by molar-refractivity contribution is -0.138. The lowest BCUT2D eigenvalue weighted by Crippen LogP contribution is -2.03. The van der Waals surface area contributed by atoms with Gasteiger partial charge in [0.1, 0.15) is 5.75 Å². The van der Waals surface area contributed by atoms with Gasteiger partial charge in [-0.3, -0.25) is 4.79 Å². The van der Waals surface area contributed by atoms with Gasteiger partial charge in [-0.05, 0) is 167 Å². The summed E-state index contributed by atoms with van der Waals surface area (Å²) in [7, 11) is 1.62. The molecular formula is C73H48F6O2S8. The molecule has 89 heavy (non-hydrogen) atoms. The Morgan fingerprint density at radius 2 is 0.730 bits per heavy atom. The maximum Gasteiger partial charge on any atom is 0.416 e. The number of hydrogen-bond donors (Lipinski definition) is 0. The van der Waals surface area contributed by atoms with Crippen LogP contribution in [-0.4, -0.2) is 13.4 Å². The molecule has 0 radical (unpaired) electrons. The Kier molecular flexibility index (Phi) is 15.3. The van der Waals surface area contributed by atoms with Crippen molar-refractivity contribution >= 4 is 178 Å². The van der Waals surface area contributed by atoms with Crippen molar-refractivity contribution in [2.75, 3.05) is 7.11 Å². The number of fused-ring (bicyclic) bond motifs is 10. The zero-order valence-electron chi connectivity index (χ0n) is 46.7. The summed E-state index contributed by atoms with van der Waals surface area (Å²) in [5, 5.41) is 9.87. The molecule has 0 fully saturated rings. The molecule has 8 heterocycles. The molecule has 8 aromatic heterocycles. The Labute approximate surface area is 539 Å². The molecule has 0 aliphatic heterocycles. The number of methoxy groups -OCH3 is 1.